The summed E-state index contributed by atoms with van der Waals surface area (Å²) in [6.07, 6.45) is 2.66. The average Bonchev–Trinajstić information content (AvgIpc) is 3.10. The number of carbonyl (C=O) groups is 2. The number of hydrogen-bond donors (Lipinski definition) is 1. The van der Waals surface area contributed by atoms with Crippen LogP contribution in [0.4, 0.5) is 0 Å². The summed E-state index contributed by atoms with van der Waals surface area (Å²) in [5.41, 5.74) is -0.182. The molecule has 0 spiro atoms. The molecule has 1 saturated carbocycles. The number of ether oxygens (including phenoxy) is 4. The van der Waals surface area contributed by atoms with Crippen LogP contribution in [0.1, 0.15) is 80.4 Å². The van der Waals surface area contributed by atoms with E-state index in [0.717, 1.165) is 22.4 Å². The normalized spacial score (nSPS) is 35.5. The fourth-order valence-corrected chi connectivity index (χ4v) is 7.22. The number of esters is 2. The van der Waals surface area contributed by atoms with E-state index in [1.54, 1.807) is 21.0 Å². The van der Waals surface area contributed by atoms with Gasteiger partial charge in [-0.15, -0.1) is 0 Å². The molecule has 0 bridgehead atoms. The summed E-state index contributed by atoms with van der Waals surface area (Å²) in [5, 5.41) is 11.3. The van der Waals surface area contributed by atoms with Crippen LogP contribution in [-0.4, -0.2) is 41.0 Å². The van der Waals surface area contributed by atoms with Crippen LogP contribution in [0.3, 0.4) is 0 Å². The van der Waals surface area contributed by atoms with E-state index in [2.05, 4.69) is 13.8 Å². The lowest BCUT2D eigenvalue weighted by atomic mass is 9.46. The third-order valence-corrected chi connectivity index (χ3v) is 8.90. The number of aliphatic hydroxyl groups is 1. The van der Waals surface area contributed by atoms with Crippen molar-refractivity contribution in [2.45, 2.75) is 90.1 Å². The highest BCUT2D eigenvalue weighted by molar-refractivity contribution is 5.98. The lowest BCUT2D eigenvalue weighted by molar-refractivity contribution is -0.289. The fourth-order valence-electron chi connectivity index (χ4n) is 7.22. The van der Waals surface area contributed by atoms with Crippen LogP contribution in [0.25, 0.3) is 0 Å². The van der Waals surface area contributed by atoms with Gasteiger partial charge in [0.1, 0.15) is 34.9 Å². The first-order valence-electron chi connectivity index (χ1n) is 11.4. The van der Waals surface area contributed by atoms with Crippen molar-refractivity contribution < 1.29 is 33.6 Å². The molecular formula is C25H32O7. The van der Waals surface area contributed by atoms with Crippen LogP contribution < -0.4 is 9.47 Å². The second-order valence-corrected chi connectivity index (χ2v) is 10.8. The highest BCUT2D eigenvalue weighted by Gasteiger charge is 2.71. The van der Waals surface area contributed by atoms with E-state index in [9.17, 15) is 14.7 Å². The van der Waals surface area contributed by atoms with Crippen molar-refractivity contribution in [3.05, 3.63) is 22.3 Å². The van der Waals surface area contributed by atoms with Crippen LogP contribution in [-0.2, 0) is 27.3 Å². The lowest BCUT2D eigenvalue weighted by Crippen LogP contribution is -2.74. The van der Waals surface area contributed by atoms with Gasteiger partial charge in [0.2, 0.25) is 0 Å². The molecule has 1 aliphatic carbocycles. The molecular weight excluding hydrogens is 412 g/mol. The van der Waals surface area contributed by atoms with Crippen LogP contribution >= 0.6 is 0 Å². The zero-order valence-corrected chi connectivity index (χ0v) is 19.7. The van der Waals surface area contributed by atoms with Crippen molar-refractivity contribution in [3.63, 3.8) is 0 Å². The molecule has 1 aromatic carbocycles. The molecule has 7 nitrogen and oxygen atoms in total. The molecule has 3 aliphatic heterocycles. The average molecular weight is 445 g/mol. The molecule has 1 N–H and O–H groups in total. The number of hydrogen-bond acceptors (Lipinski definition) is 7. The van der Waals surface area contributed by atoms with E-state index in [1.165, 1.54) is 0 Å². The Morgan fingerprint density at radius 2 is 1.81 bits per heavy atom. The number of rotatable bonds is 2. The van der Waals surface area contributed by atoms with Crippen LogP contribution in [0.5, 0.6) is 11.5 Å². The van der Waals surface area contributed by atoms with Gasteiger partial charge in [0.25, 0.3) is 0 Å². The van der Waals surface area contributed by atoms with Gasteiger partial charge >= 0.3 is 11.9 Å². The molecule has 4 aliphatic rings. The summed E-state index contributed by atoms with van der Waals surface area (Å²) >= 11 is 0. The minimum absolute atomic E-state index is 0.0560. The smallest absolute Gasteiger partial charge is 0.342 e. The zero-order valence-electron chi connectivity index (χ0n) is 19.7. The van der Waals surface area contributed by atoms with E-state index in [-0.39, 0.29) is 24.5 Å². The van der Waals surface area contributed by atoms with Crippen molar-refractivity contribution in [1.29, 1.82) is 0 Å². The third kappa shape index (κ3) is 2.46. The molecule has 1 saturated heterocycles. The van der Waals surface area contributed by atoms with E-state index in [0.29, 0.717) is 43.4 Å². The summed E-state index contributed by atoms with van der Waals surface area (Å²) in [7, 11) is 1.57. The van der Waals surface area contributed by atoms with Gasteiger partial charge in [-0.3, -0.25) is 4.79 Å². The van der Waals surface area contributed by atoms with Gasteiger partial charge in [-0.25, -0.2) is 4.79 Å². The maximum atomic E-state index is 12.5. The SMILES string of the molecule is COc1c2c(c(C)c3c1C(=O)OC3)O[C@@]1(C)CCC3(C(C)(C)O)OC(=O)CC[C@]3(C)[C@H]1C2. The standard InChI is InChI=1S/C25H32O7/c1-13-15-12-30-21(27)18(15)20(29-6)14-11-16-23(4)8-7-17(26)31-25(23,22(2,3)28)10-9-24(16,5)32-19(13)14/h16,28H,7-12H2,1-6H3/t16-,23-,24+,25?/m1/s1. The second-order valence-electron chi connectivity index (χ2n) is 10.8. The van der Waals surface area contributed by atoms with Crippen molar-refractivity contribution in [2.75, 3.05) is 7.11 Å². The van der Waals surface area contributed by atoms with Crippen molar-refractivity contribution in [3.8, 4) is 11.5 Å². The van der Waals surface area contributed by atoms with Gasteiger partial charge in [-0.2, -0.15) is 0 Å². The van der Waals surface area contributed by atoms with E-state index in [4.69, 9.17) is 18.9 Å². The summed E-state index contributed by atoms with van der Waals surface area (Å²) in [6.45, 7) is 9.90. The first kappa shape index (κ1) is 21.6. The summed E-state index contributed by atoms with van der Waals surface area (Å²) in [6, 6.07) is 0. The van der Waals surface area contributed by atoms with Gasteiger partial charge < -0.3 is 24.1 Å². The molecule has 4 atom stereocenters. The largest absolute Gasteiger partial charge is 0.495 e. The molecule has 7 heteroatoms. The summed E-state index contributed by atoms with van der Waals surface area (Å²) in [5.74, 6) is 0.591. The zero-order chi connectivity index (χ0) is 23.3. The van der Waals surface area contributed by atoms with E-state index in [1.807, 2.05) is 6.92 Å². The summed E-state index contributed by atoms with van der Waals surface area (Å²) in [4.78, 5) is 24.9. The lowest BCUT2D eigenvalue weighted by Gasteiger charge is -2.66. The molecule has 1 unspecified atom stereocenters. The summed E-state index contributed by atoms with van der Waals surface area (Å²) < 4.78 is 23.9. The molecule has 2 fully saturated rings. The van der Waals surface area contributed by atoms with Crippen LogP contribution in [0.2, 0.25) is 0 Å². The topological polar surface area (TPSA) is 91.3 Å². The van der Waals surface area contributed by atoms with Gasteiger partial charge in [0.05, 0.1) is 12.7 Å². The Morgan fingerprint density at radius 1 is 1.09 bits per heavy atom. The second kappa shape index (κ2) is 6.40. The van der Waals surface area contributed by atoms with Crippen molar-refractivity contribution in [2.24, 2.45) is 11.3 Å². The molecule has 0 radical (unpaired) electrons. The molecule has 174 valence electrons. The van der Waals surface area contributed by atoms with Gasteiger partial charge in [-0.05, 0) is 58.9 Å². The fraction of sp³-hybridized carbons (Fsp3) is 0.680. The first-order valence-corrected chi connectivity index (χ1v) is 11.4. The van der Waals surface area contributed by atoms with Crippen LogP contribution in [0, 0.1) is 18.3 Å². The molecule has 0 aromatic heterocycles. The van der Waals surface area contributed by atoms with E-state index >= 15 is 0 Å². The maximum Gasteiger partial charge on any atom is 0.342 e. The first-order chi connectivity index (χ1) is 14.9. The maximum absolute atomic E-state index is 12.5. The van der Waals surface area contributed by atoms with E-state index < -0.39 is 22.2 Å². The van der Waals surface area contributed by atoms with Crippen molar-refractivity contribution in [1.82, 2.24) is 0 Å². The Bertz CT molecular complexity index is 1040. The molecule has 1 aromatic rings. The Balaban J connectivity index is 1.71. The van der Waals surface area contributed by atoms with Crippen LogP contribution in [0.15, 0.2) is 0 Å². The van der Waals surface area contributed by atoms with Crippen molar-refractivity contribution >= 4 is 11.9 Å². The Kier molecular flexibility index (Phi) is 4.31. The number of cyclic esters (lactones) is 1. The Labute approximate surface area is 188 Å². The quantitative estimate of drug-likeness (QED) is 0.697. The molecule has 3 heterocycles. The minimum Gasteiger partial charge on any atom is -0.495 e. The molecule has 5 rings (SSSR count). The predicted octanol–water partition coefficient (Wildman–Crippen LogP) is 3.63. The molecule has 0 amide bonds. The minimum atomic E-state index is -1.22. The molecule has 32 heavy (non-hydrogen) atoms. The number of fused-ring (bicyclic) bond motifs is 5. The Hall–Kier alpha value is -2.28. The highest BCUT2D eigenvalue weighted by atomic mass is 16.6. The Morgan fingerprint density at radius 3 is 2.47 bits per heavy atom. The monoisotopic (exact) mass is 444 g/mol. The highest BCUT2D eigenvalue weighted by Crippen LogP contribution is 2.65. The van der Waals surface area contributed by atoms with Gasteiger partial charge in [-0.1, -0.05) is 6.92 Å². The van der Waals surface area contributed by atoms with Gasteiger partial charge in [0.15, 0.2) is 0 Å². The number of benzene rings is 1. The number of carbonyl (C=O) groups excluding carboxylic acids is 2. The number of methoxy groups -OCH3 is 1. The van der Waals surface area contributed by atoms with Gasteiger partial charge in [0, 0.05) is 28.9 Å². The predicted molar refractivity (Wildman–Crippen MR) is 115 cm³/mol. The third-order valence-electron chi connectivity index (χ3n) is 8.90.